The first kappa shape index (κ1) is 61.2. The molecule has 1 aliphatic carbocycles. The number of phosphoric acid groups is 2. The first-order valence-corrected chi connectivity index (χ1v) is 26.3. The van der Waals surface area contributed by atoms with Gasteiger partial charge in [0, 0.05) is 12.8 Å². The predicted molar refractivity (Wildman–Crippen MR) is 251 cm³/mol. The molecule has 8 N–H and O–H groups in total. The summed E-state index contributed by atoms with van der Waals surface area (Å²) in [6.07, 6.45) is 27.1. The lowest BCUT2D eigenvalue weighted by molar-refractivity contribution is -0.216. The van der Waals surface area contributed by atoms with Crippen molar-refractivity contribution in [3.8, 4) is 0 Å². The molecule has 0 amide bonds. The van der Waals surface area contributed by atoms with E-state index in [1.807, 2.05) is 18.2 Å². The van der Waals surface area contributed by atoms with Crippen LogP contribution in [0.4, 0.5) is 0 Å². The third-order valence-corrected chi connectivity index (χ3v) is 11.6. The van der Waals surface area contributed by atoms with Crippen molar-refractivity contribution in [3.05, 3.63) is 85.1 Å². The molecule has 1 saturated carbocycles. The molecule has 9 atom stereocenters. The number of rotatable bonds is 37. The lowest BCUT2D eigenvalue weighted by atomic mass is 9.85. The van der Waals surface area contributed by atoms with E-state index >= 15 is 0 Å². The summed E-state index contributed by atoms with van der Waals surface area (Å²) in [6, 6.07) is 0. The number of phosphoric ester groups is 2. The van der Waals surface area contributed by atoms with Gasteiger partial charge in [0.1, 0.15) is 43.2 Å². The molecule has 0 aromatic rings. The van der Waals surface area contributed by atoms with E-state index in [4.69, 9.17) is 28.3 Å². The van der Waals surface area contributed by atoms with E-state index in [1.54, 1.807) is 12.2 Å². The van der Waals surface area contributed by atoms with Crippen LogP contribution < -0.4 is 0 Å². The number of unbranched alkanes of at least 4 members (excludes halogenated alkanes) is 8. The number of aliphatic hydroxyl groups is 5. The Bertz CT molecular complexity index is 1620. The number of hydrogen-bond acceptors (Lipinski definition) is 14. The summed E-state index contributed by atoms with van der Waals surface area (Å²) < 4.78 is 49.2. The number of hydrogen-bond donors (Lipinski definition) is 8. The molecule has 0 saturated heterocycles. The maximum atomic E-state index is 13.0. The van der Waals surface area contributed by atoms with Crippen LogP contribution in [0.1, 0.15) is 136 Å². The largest absolute Gasteiger partial charge is 0.472 e. The number of esters is 2. The van der Waals surface area contributed by atoms with Gasteiger partial charge in [-0.15, -0.1) is 0 Å². The summed E-state index contributed by atoms with van der Waals surface area (Å²) in [7, 11) is -10.8. The highest BCUT2D eigenvalue weighted by Gasteiger charge is 2.54. The second kappa shape index (κ2) is 37.1. The van der Waals surface area contributed by atoms with Crippen LogP contribution >= 0.6 is 15.6 Å². The maximum absolute atomic E-state index is 13.0. The fourth-order valence-corrected chi connectivity index (χ4v) is 7.97. The first-order chi connectivity index (χ1) is 31.5. The van der Waals surface area contributed by atoms with Crippen molar-refractivity contribution >= 4 is 27.6 Å². The molecule has 0 bridgehead atoms. The van der Waals surface area contributed by atoms with Gasteiger partial charge in [0.2, 0.25) is 0 Å². The summed E-state index contributed by atoms with van der Waals surface area (Å²) in [6.45, 7) is 2.77. The molecule has 0 aliphatic heterocycles. The van der Waals surface area contributed by atoms with Crippen LogP contribution in [0.3, 0.4) is 0 Å². The third kappa shape index (κ3) is 31.2. The van der Waals surface area contributed by atoms with E-state index in [0.29, 0.717) is 6.42 Å². The fraction of sp³-hybridized carbons (Fsp3) is 0.660. The molecule has 17 nitrogen and oxygen atoms in total. The lowest BCUT2D eigenvalue weighted by Crippen LogP contribution is -2.64. The summed E-state index contributed by atoms with van der Waals surface area (Å²) in [4.78, 5) is 54.3. The molecule has 6 unspecified atom stereocenters. The van der Waals surface area contributed by atoms with E-state index in [1.165, 1.54) is 19.3 Å². The van der Waals surface area contributed by atoms with Gasteiger partial charge >= 0.3 is 27.6 Å². The number of carbonyl (C=O) groups excluding carboxylic acids is 2. The highest BCUT2D eigenvalue weighted by atomic mass is 31.2. The molecular weight excluding hydrogens is 898 g/mol. The Morgan fingerprint density at radius 2 is 1.11 bits per heavy atom. The summed E-state index contributed by atoms with van der Waals surface area (Å²) in [5, 5.41) is 51.5. The van der Waals surface area contributed by atoms with E-state index in [0.717, 1.165) is 70.6 Å². The van der Waals surface area contributed by atoms with Crippen molar-refractivity contribution in [1.29, 1.82) is 0 Å². The minimum absolute atomic E-state index is 0.0177. The minimum Gasteiger partial charge on any atom is -0.462 e. The van der Waals surface area contributed by atoms with Crippen LogP contribution in [-0.2, 0) is 41.8 Å². The summed E-state index contributed by atoms with van der Waals surface area (Å²) in [5.74, 6) is -1.43. The van der Waals surface area contributed by atoms with Gasteiger partial charge in [-0.3, -0.25) is 23.2 Å². The van der Waals surface area contributed by atoms with Crippen molar-refractivity contribution in [2.45, 2.75) is 185 Å². The van der Waals surface area contributed by atoms with Gasteiger partial charge in [0.05, 0.1) is 12.7 Å². The molecule has 66 heavy (non-hydrogen) atoms. The van der Waals surface area contributed by atoms with Crippen molar-refractivity contribution in [3.63, 3.8) is 0 Å². The number of allylic oxidation sites excluding steroid dienone is 13. The lowest BCUT2D eigenvalue weighted by Gasteiger charge is -2.43. The second-order valence-electron chi connectivity index (χ2n) is 15.9. The standard InChI is InChI=1S/C47H78O17P2/c1-3-5-7-9-11-13-15-17-18-20-22-24-26-28-30-34-41(50)62-39(37-61-66(58,59)64-47-44(53)42(51)43(52)46(45(47)54)63-65(55,56)57)36-60-40(49)35-31-33-38(48)32-29-27-25-23-21-19-16-14-12-10-8-6-4-2/h6,8,11-14,17-19,21,25,27,29,32,38-39,42-48,51-54H,3-5,7,9-10,15-16,20,22-24,26,28,30-31,33-37H2,1-2H3,(H,58,59)(H2,55,56,57)/b8-6-,13-11-,14-12-,18-17-,21-19-,27-25-,32-29+/t38?,39-,42?,43?,44?,45?,46-,47+/m1/s1. The van der Waals surface area contributed by atoms with E-state index in [2.05, 4.69) is 73.1 Å². The minimum atomic E-state index is -5.39. The quantitative estimate of drug-likeness (QED) is 0.00979. The second-order valence-corrected chi connectivity index (χ2v) is 18.5. The highest BCUT2D eigenvalue weighted by Crippen LogP contribution is 2.49. The molecule has 1 fully saturated rings. The summed E-state index contributed by atoms with van der Waals surface area (Å²) >= 11 is 0. The van der Waals surface area contributed by atoms with Crippen molar-refractivity contribution < 1.29 is 82.0 Å². The monoisotopic (exact) mass is 976 g/mol. The van der Waals surface area contributed by atoms with Crippen molar-refractivity contribution in [2.75, 3.05) is 13.2 Å². The van der Waals surface area contributed by atoms with Gasteiger partial charge in [-0.25, -0.2) is 9.13 Å². The Balaban J connectivity index is 2.70. The topological polar surface area (TPSA) is 276 Å². The third-order valence-electron chi connectivity index (χ3n) is 10.1. The van der Waals surface area contributed by atoms with E-state index in [-0.39, 0.29) is 25.7 Å². The van der Waals surface area contributed by atoms with Gasteiger partial charge in [0.15, 0.2) is 6.10 Å². The average Bonchev–Trinajstić information content (AvgIpc) is 3.26. The molecule has 0 heterocycles. The SMILES string of the molecule is CC/C=C\C/C=C\C/C=C\C/C=C\C=C\C(O)CCCC(=O)OC[C@H](COP(=O)(O)O[C@H]1C(O)C(O)C(O)[C@@H](OP(=O)(O)O)C1O)OC(=O)CCCCCCC/C=C\C/C=C\CCCCC. The van der Waals surface area contributed by atoms with Gasteiger partial charge in [-0.2, -0.15) is 0 Å². The van der Waals surface area contributed by atoms with Gasteiger partial charge < -0.3 is 49.7 Å². The molecule has 19 heteroatoms. The molecule has 0 spiro atoms. The Labute approximate surface area is 391 Å². The summed E-state index contributed by atoms with van der Waals surface area (Å²) in [5.41, 5.74) is 0. The van der Waals surface area contributed by atoms with Crippen molar-refractivity contribution in [1.82, 2.24) is 0 Å². The van der Waals surface area contributed by atoms with Crippen LogP contribution in [0.25, 0.3) is 0 Å². The molecule has 0 aromatic carbocycles. The van der Waals surface area contributed by atoms with Crippen LogP contribution in [-0.4, -0.2) is 114 Å². The van der Waals surface area contributed by atoms with Crippen LogP contribution in [0.2, 0.25) is 0 Å². The zero-order valence-corrected chi connectivity index (χ0v) is 40.5. The normalized spacial score (nSPS) is 22.8. The smallest absolute Gasteiger partial charge is 0.462 e. The van der Waals surface area contributed by atoms with Crippen LogP contribution in [0.5, 0.6) is 0 Å². The molecule has 0 aromatic heterocycles. The predicted octanol–water partition coefficient (Wildman–Crippen LogP) is 7.58. The fourth-order valence-electron chi connectivity index (χ4n) is 6.44. The van der Waals surface area contributed by atoms with Gasteiger partial charge in [-0.05, 0) is 77.0 Å². The number of aliphatic hydroxyl groups excluding tert-OH is 5. The molecular formula is C47H78O17P2. The van der Waals surface area contributed by atoms with Gasteiger partial charge in [0.25, 0.3) is 0 Å². The molecule has 0 radical (unpaired) electrons. The van der Waals surface area contributed by atoms with E-state index < -0.39 is 89.6 Å². The first-order valence-electron chi connectivity index (χ1n) is 23.2. The number of carbonyl (C=O) groups is 2. The van der Waals surface area contributed by atoms with E-state index in [9.17, 15) is 49.1 Å². The highest BCUT2D eigenvalue weighted by molar-refractivity contribution is 7.47. The zero-order chi connectivity index (χ0) is 49.1. The maximum Gasteiger partial charge on any atom is 0.472 e. The molecule has 1 aliphatic rings. The van der Waals surface area contributed by atoms with Crippen molar-refractivity contribution in [2.24, 2.45) is 0 Å². The molecule has 1 rings (SSSR count). The van der Waals surface area contributed by atoms with Crippen LogP contribution in [0, 0.1) is 0 Å². The number of ether oxygens (including phenoxy) is 2. The Morgan fingerprint density at radius 1 is 0.576 bits per heavy atom. The Morgan fingerprint density at radius 3 is 1.71 bits per heavy atom. The van der Waals surface area contributed by atoms with Crippen LogP contribution in [0.15, 0.2) is 85.1 Å². The Kier molecular flexibility index (Phi) is 34.4. The van der Waals surface area contributed by atoms with Gasteiger partial charge in [-0.1, -0.05) is 131 Å². The molecule has 378 valence electrons. The Hall–Kier alpha value is -2.86. The zero-order valence-electron chi connectivity index (χ0n) is 38.7. The average molecular weight is 977 g/mol.